The van der Waals surface area contributed by atoms with Gasteiger partial charge in [0.2, 0.25) is 5.91 Å². The second-order valence-electron chi connectivity index (χ2n) is 5.42. The maximum atomic E-state index is 12.3. The maximum Gasteiger partial charge on any atom is 0.240 e. The fourth-order valence-corrected chi connectivity index (χ4v) is 2.60. The van der Waals surface area contributed by atoms with Gasteiger partial charge in [0.05, 0.1) is 6.07 Å². The van der Waals surface area contributed by atoms with E-state index in [2.05, 4.69) is 11.4 Å². The molecule has 0 unspecified atom stereocenters. The van der Waals surface area contributed by atoms with Gasteiger partial charge in [0.25, 0.3) is 0 Å². The first kappa shape index (κ1) is 13.6. The second-order valence-corrected chi connectivity index (χ2v) is 5.42. The largest absolute Gasteiger partial charge is 0.351 e. The molecule has 1 aromatic carbocycles. The zero-order valence-corrected chi connectivity index (χ0v) is 11.4. The average molecular weight is 256 g/mol. The number of carbonyl (C=O) groups excluding carboxylic acids is 1. The third-order valence-corrected chi connectivity index (χ3v) is 3.93. The van der Waals surface area contributed by atoms with Gasteiger partial charge in [0.15, 0.2) is 0 Å². The van der Waals surface area contributed by atoms with Gasteiger partial charge in [-0.1, -0.05) is 49.1 Å². The van der Waals surface area contributed by atoms with Crippen LogP contribution in [0.25, 0.3) is 0 Å². The summed E-state index contributed by atoms with van der Waals surface area (Å²) in [6.45, 7) is 2.54. The minimum Gasteiger partial charge on any atom is -0.351 e. The number of nitrogens with zero attached hydrogens (tertiary/aromatic N) is 1. The Balaban J connectivity index is 1.96. The highest BCUT2D eigenvalue weighted by atomic mass is 16.2. The number of benzene rings is 1. The first-order valence-electron chi connectivity index (χ1n) is 6.91. The summed E-state index contributed by atoms with van der Waals surface area (Å²) in [5.41, 5.74) is 1.49. The van der Waals surface area contributed by atoms with Gasteiger partial charge in [-0.15, -0.1) is 0 Å². The lowest BCUT2D eigenvalue weighted by Crippen LogP contribution is -2.41. The van der Waals surface area contributed by atoms with E-state index < -0.39 is 5.41 Å². The number of nitriles is 1. The fraction of sp³-hybridized carbons (Fsp3) is 0.500. The van der Waals surface area contributed by atoms with Crippen LogP contribution < -0.4 is 5.32 Å². The van der Waals surface area contributed by atoms with E-state index in [0.29, 0.717) is 19.4 Å². The Bertz CT molecular complexity index is 478. The number of carbonyl (C=O) groups is 1. The number of nitrogens with one attached hydrogen (secondary N) is 1. The molecule has 0 saturated heterocycles. The van der Waals surface area contributed by atoms with Crippen LogP contribution in [0.15, 0.2) is 24.3 Å². The van der Waals surface area contributed by atoms with E-state index in [1.54, 1.807) is 0 Å². The van der Waals surface area contributed by atoms with Crippen molar-refractivity contribution in [2.24, 2.45) is 5.41 Å². The number of hydrogen-bond donors (Lipinski definition) is 1. The molecule has 0 aliphatic heterocycles. The van der Waals surface area contributed by atoms with Gasteiger partial charge in [-0.05, 0) is 25.3 Å². The molecular weight excluding hydrogens is 236 g/mol. The fourth-order valence-electron chi connectivity index (χ4n) is 2.60. The van der Waals surface area contributed by atoms with Crippen molar-refractivity contribution in [2.45, 2.75) is 45.6 Å². The Morgan fingerprint density at radius 2 is 1.89 bits per heavy atom. The van der Waals surface area contributed by atoms with E-state index in [-0.39, 0.29) is 5.91 Å². The summed E-state index contributed by atoms with van der Waals surface area (Å²) in [7, 11) is 0. The summed E-state index contributed by atoms with van der Waals surface area (Å²) in [5, 5.41) is 12.3. The molecular formula is C16H20N2O. The highest BCUT2D eigenvalue weighted by Gasteiger charge is 2.39. The van der Waals surface area contributed by atoms with Gasteiger partial charge in [-0.2, -0.15) is 5.26 Å². The van der Waals surface area contributed by atoms with Crippen molar-refractivity contribution >= 4 is 5.91 Å². The Kier molecular flexibility index (Phi) is 4.21. The number of hydrogen-bond acceptors (Lipinski definition) is 2. The van der Waals surface area contributed by atoms with Crippen molar-refractivity contribution in [3.8, 4) is 6.07 Å². The standard InChI is InChI=1S/C16H20N2O/c1-13-5-7-14(8-6-13)11-18-15(19)16(12-17)9-3-2-4-10-16/h5-8H,2-4,9-11H2,1H3,(H,18,19). The van der Waals surface area contributed by atoms with Crippen LogP contribution >= 0.6 is 0 Å². The lowest BCUT2D eigenvalue weighted by atomic mass is 9.74. The molecule has 1 N–H and O–H groups in total. The van der Waals surface area contributed by atoms with Crippen molar-refractivity contribution in [2.75, 3.05) is 0 Å². The van der Waals surface area contributed by atoms with Crippen LogP contribution in [-0.2, 0) is 11.3 Å². The first-order chi connectivity index (χ1) is 9.16. The molecule has 0 bridgehead atoms. The topological polar surface area (TPSA) is 52.9 Å². The SMILES string of the molecule is Cc1ccc(CNC(=O)C2(C#N)CCCCC2)cc1. The molecule has 0 heterocycles. The van der Waals surface area contributed by atoms with Gasteiger partial charge in [0, 0.05) is 6.54 Å². The van der Waals surface area contributed by atoms with E-state index in [1.165, 1.54) is 5.56 Å². The van der Waals surface area contributed by atoms with Gasteiger partial charge in [-0.25, -0.2) is 0 Å². The molecule has 0 atom stereocenters. The minimum absolute atomic E-state index is 0.102. The average Bonchev–Trinajstić information content (AvgIpc) is 2.47. The van der Waals surface area contributed by atoms with E-state index in [0.717, 1.165) is 24.8 Å². The Morgan fingerprint density at radius 3 is 2.47 bits per heavy atom. The third kappa shape index (κ3) is 3.14. The van der Waals surface area contributed by atoms with E-state index in [9.17, 15) is 10.1 Å². The van der Waals surface area contributed by atoms with E-state index >= 15 is 0 Å². The Morgan fingerprint density at radius 1 is 1.26 bits per heavy atom. The van der Waals surface area contributed by atoms with E-state index in [4.69, 9.17) is 0 Å². The molecule has 3 nitrogen and oxygen atoms in total. The molecule has 1 aromatic rings. The highest BCUT2D eigenvalue weighted by molar-refractivity contribution is 5.85. The Labute approximate surface area is 114 Å². The summed E-state index contributed by atoms with van der Waals surface area (Å²) in [6, 6.07) is 10.3. The summed E-state index contributed by atoms with van der Waals surface area (Å²) < 4.78 is 0. The molecule has 0 spiro atoms. The molecule has 3 heteroatoms. The molecule has 1 fully saturated rings. The zero-order chi connectivity index (χ0) is 13.7. The third-order valence-electron chi connectivity index (χ3n) is 3.93. The van der Waals surface area contributed by atoms with Crippen molar-refractivity contribution in [3.05, 3.63) is 35.4 Å². The zero-order valence-electron chi connectivity index (χ0n) is 11.4. The molecule has 1 aliphatic carbocycles. The predicted molar refractivity (Wildman–Crippen MR) is 74.2 cm³/mol. The molecule has 0 radical (unpaired) electrons. The first-order valence-corrected chi connectivity index (χ1v) is 6.91. The predicted octanol–water partition coefficient (Wildman–Crippen LogP) is 3.09. The lowest BCUT2D eigenvalue weighted by molar-refractivity contribution is -0.129. The monoisotopic (exact) mass is 256 g/mol. The van der Waals surface area contributed by atoms with Crippen LogP contribution in [-0.4, -0.2) is 5.91 Å². The molecule has 19 heavy (non-hydrogen) atoms. The van der Waals surface area contributed by atoms with Gasteiger partial charge in [0.1, 0.15) is 5.41 Å². The molecule has 1 amide bonds. The van der Waals surface area contributed by atoms with Crippen molar-refractivity contribution in [3.63, 3.8) is 0 Å². The summed E-state index contributed by atoms with van der Waals surface area (Å²) in [5.74, 6) is -0.102. The quantitative estimate of drug-likeness (QED) is 0.903. The minimum atomic E-state index is -0.789. The molecule has 100 valence electrons. The number of aryl methyl sites for hydroxylation is 1. The van der Waals surface area contributed by atoms with Crippen molar-refractivity contribution in [1.82, 2.24) is 5.32 Å². The molecule has 2 rings (SSSR count). The van der Waals surface area contributed by atoms with Gasteiger partial charge >= 0.3 is 0 Å². The maximum absolute atomic E-state index is 12.3. The molecule has 1 saturated carbocycles. The van der Waals surface area contributed by atoms with E-state index in [1.807, 2.05) is 31.2 Å². The smallest absolute Gasteiger partial charge is 0.240 e. The number of amides is 1. The highest BCUT2D eigenvalue weighted by Crippen LogP contribution is 2.35. The van der Waals surface area contributed by atoms with Crippen molar-refractivity contribution in [1.29, 1.82) is 5.26 Å². The molecule has 0 aromatic heterocycles. The van der Waals surface area contributed by atoms with Crippen LogP contribution in [0.3, 0.4) is 0 Å². The van der Waals surface area contributed by atoms with Crippen LogP contribution in [0.2, 0.25) is 0 Å². The van der Waals surface area contributed by atoms with Crippen LogP contribution in [0.5, 0.6) is 0 Å². The van der Waals surface area contributed by atoms with Gasteiger partial charge in [-0.3, -0.25) is 4.79 Å². The summed E-state index contributed by atoms with van der Waals surface area (Å²) >= 11 is 0. The molecule has 1 aliphatic rings. The summed E-state index contributed by atoms with van der Waals surface area (Å²) in [4.78, 5) is 12.3. The van der Waals surface area contributed by atoms with Crippen LogP contribution in [0.1, 0.15) is 43.2 Å². The lowest BCUT2D eigenvalue weighted by Gasteiger charge is -2.29. The van der Waals surface area contributed by atoms with Crippen LogP contribution in [0.4, 0.5) is 0 Å². The van der Waals surface area contributed by atoms with Gasteiger partial charge < -0.3 is 5.32 Å². The van der Waals surface area contributed by atoms with Crippen molar-refractivity contribution < 1.29 is 4.79 Å². The summed E-state index contributed by atoms with van der Waals surface area (Å²) in [6.07, 6.45) is 4.48. The Hall–Kier alpha value is -1.82. The second kappa shape index (κ2) is 5.88. The normalized spacial score (nSPS) is 17.5. The number of rotatable bonds is 3. The van der Waals surface area contributed by atoms with Crippen LogP contribution in [0, 0.1) is 23.7 Å².